The number of rotatable bonds is 3. The zero-order chi connectivity index (χ0) is 21.7. The van der Waals surface area contributed by atoms with Gasteiger partial charge in [-0.3, -0.25) is 4.79 Å². The van der Waals surface area contributed by atoms with Crippen molar-refractivity contribution in [2.45, 2.75) is 11.6 Å². The molecule has 3 aromatic carbocycles. The number of hydrogen-bond acceptors (Lipinski definition) is 4. The second-order valence-electron chi connectivity index (χ2n) is 7.78. The number of para-hydroxylation sites is 2. The van der Waals surface area contributed by atoms with Crippen LogP contribution in [0.1, 0.15) is 27.6 Å². The number of carbonyl (C=O) groups is 2. The van der Waals surface area contributed by atoms with Crippen molar-refractivity contribution in [3.8, 4) is 11.5 Å². The van der Waals surface area contributed by atoms with Crippen molar-refractivity contribution < 1.29 is 14.3 Å². The number of thiophene rings is 1. The molecule has 2 aliphatic rings. The van der Waals surface area contributed by atoms with Crippen LogP contribution in [-0.4, -0.2) is 16.8 Å². The van der Waals surface area contributed by atoms with Crippen LogP contribution in [0, 0.1) is 0 Å². The number of nitrogens with zero attached hydrogens (tertiary/aromatic N) is 1. The second kappa shape index (κ2) is 7.07. The van der Waals surface area contributed by atoms with E-state index in [0.717, 1.165) is 21.6 Å². The van der Waals surface area contributed by atoms with E-state index in [9.17, 15) is 9.59 Å². The highest BCUT2D eigenvalue weighted by Crippen LogP contribution is 2.49. The number of fused-ring (bicyclic) bond motifs is 2. The molecule has 0 aliphatic carbocycles. The van der Waals surface area contributed by atoms with Crippen LogP contribution in [0.2, 0.25) is 0 Å². The maximum atomic E-state index is 14.3. The number of ether oxygens (including phenoxy) is 1. The van der Waals surface area contributed by atoms with Crippen LogP contribution in [0.15, 0.2) is 96.4 Å². The van der Waals surface area contributed by atoms with E-state index in [1.165, 1.54) is 16.2 Å². The highest BCUT2D eigenvalue weighted by molar-refractivity contribution is 7.10. The maximum Gasteiger partial charge on any atom is 0.326 e. The Balaban J connectivity index is 1.56. The van der Waals surface area contributed by atoms with E-state index in [4.69, 9.17) is 4.74 Å². The first-order valence-corrected chi connectivity index (χ1v) is 11.2. The molecule has 0 radical (unpaired) electrons. The van der Waals surface area contributed by atoms with E-state index >= 15 is 0 Å². The highest BCUT2D eigenvalue weighted by atomic mass is 32.1. The van der Waals surface area contributed by atoms with Gasteiger partial charge in [-0.25, -0.2) is 9.69 Å². The Bertz CT molecular complexity index is 1290. The average molecular weight is 439 g/mol. The summed E-state index contributed by atoms with van der Waals surface area (Å²) >= 11 is 1.45. The molecule has 2 aliphatic heterocycles. The highest BCUT2D eigenvalue weighted by Gasteiger charge is 2.57. The number of benzene rings is 3. The van der Waals surface area contributed by atoms with Crippen molar-refractivity contribution in [1.29, 1.82) is 0 Å². The Labute approximate surface area is 188 Å². The summed E-state index contributed by atoms with van der Waals surface area (Å²) in [6.45, 7) is 0. The zero-order valence-electron chi connectivity index (χ0n) is 16.9. The van der Waals surface area contributed by atoms with Crippen molar-refractivity contribution in [1.82, 2.24) is 10.2 Å². The lowest BCUT2D eigenvalue weighted by Gasteiger charge is -2.33. The third-order valence-corrected chi connectivity index (χ3v) is 7.05. The maximum absolute atomic E-state index is 14.3. The Hall–Kier alpha value is -3.90. The summed E-state index contributed by atoms with van der Waals surface area (Å²) in [5.74, 6) is 0.989. The fourth-order valence-corrected chi connectivity index (χ4v) is 5.52. The lowest BCUT2D eigenvalue weighted by Crippen LogP contribution is -2.45. The van der Waals surface area contributed by atoms with Crippen molar-refractivity contribution in [3.63, 3.8) is 0 Å². The van der Waals surface area contributed by atoms with Gasteiger partial charge in [0.2, 0.25) is 0 Å². The average Bonchev–Trinajstić information content (AvgIpc) is 3.46. The van der Waals surface area contributed by atoms with E-state index in [0.29, 0.717) is 11.5 Å². The van der Waals surface area contributed by atoms with Crippen LogP contribution in [0.5, 0.6) is 11.5 Å². The molecule has 1 atom stereocenters. The minimum Gasteiger partial charge on any atom is -0.457 e. The molecule has 6 heteroatoms. The van der Waals surface area contributed by atoms with Gasteiger partial charge in [-0.1, -0.05) is 72.8 Å². The van der Waals surface area contributed by atoms with Gasteiger partial charge >= 0.3 is 6.03 Å². The Morgan fingerprint density at radius 1 is 0.781 bits per heavy atom. The molecule has 32 heavy (non-hydrogen) atoms. The number of nitrogens with one attached hydrogen (secondary N) is 1. The monoisotopic (exact) mass is 438 g/mol. The third kappa shape index (κ3) is 2.56. The van der Waals surface area contributed by atoms with Crippen molar-refractivity contribution in [2.75, 3.05) is 0 Å². The molecule has 4 aromatic rings. The summed E-state index contributed by atoms with van der Waals surface area (Å²) in [5, 5.41) is 4.97. The number of imide groups is 1. The van der Waals surface area contributed by atoms with Gasteiger partial charge in [0.1, 0.15) is 11.5 Å². The van der Waals surface area contributed by atoms with Gasteiger partial charge in [-0.05, 0) is 29.1 Å². The summed E-state index contributed by atoms with van der Waals surface area (Å²) in [6, 6.07) is 27.3. The van der Waals surface area contributed by atoms with E-state index in [1.54, 1.807) is 0 Å². The first-order valence-electron chi connectivity index (χ1n) is 10.3. The number of carbonyl (C=O) groups excluding carboxylic acids is 2. The molecule has 0 saturated carbocycles. The minimum atomic E-state index is -1.27. The lowest BCUT2D eigenvalue weighted by atomic mass is 9.86. The molecule has 156 valence electrons. The summed E-state index contributed by atoms with van der Waals surface area (Å²) in [4.78, 5) is 29.9. The van der Waals surface area contributed by atoms with Gasteiger partial charge in [-0.15, -0.1) is 11.3 Å². The minimum absolute atomic E-state index is 0.298. The topological polar surface area (TPSA) is 58.6 Å². The third-order valence-electron chi connectivity index (χ3n) is 6.06. The van der Waals surface area contributed by atoms with Crippen molar-refractivity contribution in [2.24, 2.45) is 0 Å². The SMILES string of the molecule is O=C1N[C@](c2ccccc2)(c2cccs2)C(=O)N1C1c2ccccc2Oc2ccccc21. The van der Waals surface area contributed by atoms with Crippen LogP contribution < -0.4 is 10.1 Å². The number of urea groups is 1. The standard InChI is InChI=1S/C26H18N2O3S/c29-24-26(22-15-8-16-32-22,17-9-2-1-3-10-17)27-25(30)28(24)23-18-11-4-6-13-20(18)31-21-14-7-5-12-19(21)23/h1-16,23H,(H,27,30)/t26-/m1/s1. The Kier molecular flexibility index (Phi) is 4.16. The fourth-order valence-electron chi connectivity index (χ4n) is 4.63. The first-order chi connectivity index (χ1) is 15.7. The molecular weight excluding hydrogens is 420 g/mol. The summed E-state index contributed by atoms with van der Waals surface area (Å²) in [6.07, 6.45) is 0. The molecule has 1 aromatic heterocycles. The van der Waals surface area contributed by atoms with Gasteiger partial charge in [0.25, 0.3) is 5.91 Å². The van der Waals surface area contributed by atoms with E-state index < -0.39 is 17.6 Å². The molecule has 0 bridgehead atoms. The molecule has 0 unspecified atom stereocenters. The van der Waals surface area contributed by atoms with Crippen LogP contribution in [0.4, 0.5) is 4.79 Å². The zero-order valence-corrected chi connectivity index (χ0v) is 17.7. The van der Waals surface area contributed by atoms with Crippen LogP contribution in [-0.2, 0) is 10.3 Å². The summed E-state index contributed by atoms with van der Waals surface area (Å²) < 4.78 is 6.08. The van der Waals surface area contributed by atoms with Crippen molar-refractivity contribution >= 4 is 23.3 Å². The van der Waals surface area contributed by atoms with E-state index in [-0.39, 0.29) is 5.91 Å². The van der Waals surface area contributed by atoms with E-state index in [2.05, 4.69) is 5.32 Å². The van der Waals surface area contributed by atoms with Crippen LogP contribution >= 0.6 is 11.3 Å². The first kappa shape index (κ1) is 18.8. The van der Waals surface area contributed by atoms with Gasteiger partial charge < -0.3 is 10.1 Å². The molecule has 3 heterocycles. The van der Waals surface area contributed by atoms with Gasteiger partial charge in [0.15, 0.2) is 5.54 Å². The van der Waals surface area contributed by atoms with Gasteiger partial charge in [-0.2, -0.15) is 0 Å². The quantitative estimate of drug-likeness (QED) is 0.434. The lowest BCUT2D eigenvalue weighted by molar-refractivity contribution is -0.131. The predicted molar refractivity (Wildman–Crippen MR) is 122 cm³/mol. The predicted octanol–water partition coefficient (Wildman–Crippen LogP) is 5.44. The normalized spacial score (nSPS) is 19.8. The molecule has 1 saturated heterocycles. The van der Waals surface area contributed by atoms with Crippen LogP contribution in [0.25, 0.3) is 0 Å². The van der Waals surface area contributed by atoms with E-state index in [1.807, 2.05) is 96.4 Å². The largest absolute Gasteiger partial charge is 0.457 e. The smallest absolute Gasteiger partial charge is 0.326 e. The molecule has 5 nitrogen and oxygen atoms in total. The molecule has 3 amide bonds. The second-order valence-corrected chi connectivity index (χ2v) is 8.73. The van der Waals surface area contributed by atoms with Crippen molar-refractivity contribution in [3.05, 3.63) is 118 Å². The Morgan fingerprint density at radius 3 is 2.03 bits per heavy atom. The van der Waals surface area contributed by atoms with Gasteiger partial charge in [0.05, 0.1) is 6.04 Å². The van der Waals surface area contributed by atoms with Crippen LogP contribution in [0.3, 0.4) is 0 Å². The molecular formula is C26H18N2O3S. The summed E-state index contributed by atoms with van der Waals surface area (Å²) in [7, 11) is 0. The Morgan fingerprint density at radius 2 is 1.41 bits per heavy atom. The molecule has 1 fully saturated rings. The molecule has 6 rings (SSSR count). The summed E-state index contributed by atoms with van der Waals surface area (Å²) in [5.41, 5.74) is 1.03. The number of hydrogen-bond donors (Lipinski definition) is 1. The van der Waals surface area contributed by atoms with Gasteiger partial charge in [0, 0.05) is 16.0 Å². The molecule has 0 spiro atoms. The number of amides is 3. The fraction of sp³-hybridized carbons (Fsp3) is 0.0769. The molecule has 1 N–H and O–H groups in total.